The lowest BCUT2D eigenvalue weighted by Gasteiger charge is -2.06. The summed E-state index contributed by atoms with van der Waals surface area (Å²) in [6.07, 6.45) is 2.53. The summed E-state index contributed by atoms with van der Waals surface area (Å²) in [5.74, 6) is -0.389. The first-order valence-corrected chi connectivity index (χ1v) is 7.86. The Morgan fingerprint density at radius 3 is 2.65 bits per heavy atom. The lowest BCUT2D eigenvalue weighted by atomic mass is 10.2. The number of sulfone groups is 1. The summed E-state index contributed by atoms with van der Waals surface area (Å²) in [5.41, 5.74) is 0.737. The van der Waals surface area contributed by atoms with Crippen LogP contribution in [0, 0.1) is 0 Å². The molecule has 0 aliphatic heterocycles. The summed E-state index contributed by atoms with van der Waals surface area (Å²) in [4.78, 5) is 15.9. The van der Waals surface area contributed by atoms with Crippen molar-refractivity contribution in [3.8, 4) is 0 Å². The number of carbonyl (C=O) groups excluding carboxylic acids is 1. The van der Waals surface area contributed by atoms with Crippen molar-refractivity contribution < 1.29 is 13.2 Å². The van der Waals surface area contributed by atoms with Gasteiger partial charge in [0.05, 0.1) is 4.90 Å². The van der Waals surface area contributed by atoms with E-state index in [0.717, 1.165) is 6.26 Å². The first-order chi connectivity index (χ1) is 9.36. The lowest BCUT2D eigenvalue weighted by molar-refractivity contribution is 0.102. The monoisotopic (exact) mass is 310 g/mol. The van der Waals surface area contributed by atoms with Gasteiger partial charge in [0.25, 0.3) is 5.91 Å². The third kappa shape index (κ3) is 3.55. The van der Waals surface area contributed by atoms with Gasteiger partial charge in [0, 0.05) is 23.7 Å². The molecular weight excluding hydrogens is 300 g/mol. The largest absolute Gasteiger partial charge is 0.322 e. The molecule has 2 rings (SSSR count). The zero-order valence-corrected chi connectivity index (χ0v) is 12.1. The number of halogens is 1. The highest BCUT2D eigenvalue weighted by atomic mass is 35.5. The molecule has 0 fully saturated rings. The summed E-state index contributed by atoms with van der Waals surface area (Å²) in [6, 6.07) is 8.98. The molecule has 0 bridgehead atoms. The predicted octanol–water partition coefficient (Wildman–Crippen LogP) is 2.39. The molecular formula is C13H11ClN2O3S. The maximum Gasteiger partial charge on any atom is 0.255 e. The Bertz CT molecular complexity index is 760. The van der Waals surface area contributed by atoms with Crippen LogP contribution in [0.1, 0.15) is 10.4 Å². The number of hydrogen-bond donors (Lipinski definition) is 1. The molecule has 0 aliphatic carbocycles. The summed E-state index contributed by atoms with van der Waals surface area (Å²) >= 11 is 5.71. The van der Waals surface area contributed by atoms with Crippen LogP contribution in [0.2, 0.25) is 5.15 Å². The molecule has 1 heterocycles. The van der Waals surface area contributed by atoms with Gasteiger partial charge < -0.3 is 5.32 Å². The van der Waals surface area contributed by atoms with E-state index >= 15 is 0 Å². The number of carbonyl (C=O) groups is 1. The van der Waals surface area contributed by atoms with E-state index in [1.54, 1.807) is 12.1 Å². The second kappa shape index (κ2) is 5.60. The van der Waals surface area contributed by atoms with Crippen molar-refractivity contribution >= 4 is 33.0 Å². The molecule has 20 heavy (non-hydrogen) atoms. The van der Waals surface area contributed by atoms with E-state index in [0.29, 0.717) is 11.3 Å². The van der Waals surface area contributed by atoms with Crippen LogP contribution in [0.5, 0.6) is 0 Å². The molecule has 104 valence electrons. The quantitative estimate of drug-likeness (QED) is 0.883. The molecule has 5 nitrogen and oxygen atoms in total. The SMILES string of the molecule is CS(=O)(=O)c1cccc(NC(=O)c2ccnc(Cl)c2)c1. The second-order valence-corrected chi connectivity index (χ2v) is 6.52. The van der Waals surface area contributed by atoms with Gasteiger partial charge >= 0.3 is 0 Å². The fraction of sp³-hybridized carbons (Fsp3) is 0.0769. The predicted molar refractivity (Wildman–Crippen MR) is 76.8 cm³/mol. The Balaban J connectivity index is 2.25. The number of nitrogens with zero attached hydrogens (tertiary/aromatic N) is 1. The fourth-order valence-corrected chi connectivity index (χ4v) is 2.39. The van der Waals surface area contributed by atoms with E-state index in [2.05, 4.69) is 10.3 Å². The van der Waals surface area contributed by atoms with Crippen molar-refractivity contribution in [3.63, 3.8) is 0 Å². The van der Waals surface area contributed by atoms with Crippen LogP contribution < -0.4 is 5.32 Å². The summed E-state index contributed by atoms with van der Waals surface area (Å²) in [5, 5.41) is 2.82. The molecule has 0 radical (unpaired) electrons. The standard InChI is InChI=1S/C13H11ClN2O3S/c1-20(18,19)11-4-2-3-10(8-11)16-13(17)9-5-6-15-12(14)7-9/h2-8H,1H3,(H,16,17). The van der Waals surface area contributed by atoms with Crippen LogP contribution >= 0.6 is 11.6 Å². The van der Waals surface area contributed by atoms with Gasteiger partial charge in [-0.3, -0.25) is 4.79 Å². The van der Waals surface area contributed by atoms with Crippen molar-refractivity contribution in [3.05, 3.63) is 53.3 Å². The molecule has 0 saturated heterocycles. The third-order valence-electron chi connectivity index (χ3n) is 2.51. The van der Waals surface area contributed by atoms with Crippen molar-refractivity contribution in [2.45, 2.75) is 4.90 Å². The number of nitrogens with one attached hydrogen (secondary N) is 1. The maximum absolute atomic E-state index is 12.0. The van der Waals surface area contributed by atoms with Crippen LogP contribution in [0.4, 0.5) is 5.69 Å². The summed E-state index contributed by atoms with van der Waals surface area (Å²) in [6.45, 7) is 0. The van der Waals surface area contributed by atoms with Crippen LogP contribution in [0.3, 0.4) is 0 Å². The van der Waals surface area contributed by atoms with E-state index in [-0.39, 0.29) is 16.0 Å². The average Bonchev–Trinajstić information content (AvgIpc) is 2.38. The molecule has 0 saturated carbocycles. The van der Waals surface area contributed by atoms with Crippen LogP contribution in [-0.4, -0.2) is 25.6 Å². The highest BCUT2D eigenvalue weighted by Gasteiger charge is 2.10. The minimum absolute atomic E-state index is 0.142. The number of pyridine rings is 1. The van der Waals surface area contributed by atoms with E-state index in [1.165, 1.54) is 30.5 Å². The van der Waals surface area contributed by atoms with Crippen molar-refractivity contribution in [1.29, 1.82) is 0 Å². The van der Waals surface area contributed by atoms with Gasteiger partial charge in [-0.05, 0) is 30.3 Å². The number of hydrogen-bond acceptors (Lipinski definition) is 4. The van der Waals surface area contributed by atoms with Gasteiger partial charge in [-0.1, -0.05) is 17.7 Å². The average molecular weight is 311 g/mol. The fourth-order valence-electron chi connectivity index (χ4n) is 1.55. The van der Waals surface area contributed by atoms with Crippen LogP contribution in [0.15, 0.2) is 47.5 Å². The van der Waals surface area contributed by atoms with Crippen molar-refractivity contribution in [2.24, 2.45) is 0 Å². The third-order valence-corrected chi connectivity index (χ3v) is 3.83. The van der Waals surface area contributed by atoms with Gasteiger partial charge in [0.15, 0.2) is 9.84 Å². The van der Waals surface area contributed by atoms with Crippen LogP contribution in [-0.2, 0) is 9.84 Å². The lowest BCUT2D eigenvalue weighted by Crippen LogP contribution is -2.12. The smallest absolute Gasteiger partial charge is 0.255 e. The number of amides is 1. The molecule has 0 aliphatic rings. The first-order valence-electron chi connectivity index (χ1n) is 5.59. The van der Waals surface area contributed by atoms with Crippen molar-refractivity contribution in [1.82, 2.24) is 4.98 Å². The maximum atomic E-state index is 12.0. The Morgan fingerprint density at radius 2 is 2.00 bits per heavy atom. The Kier molecular flexibility index (Phi) is 4.06. The minimum Gasteiger partial charge on any atom is -0.322 e. The normalized spacial score (nSPS) is 11.1. The van der Waals surface area contributed by atoms with Crippen molar-refractivity contribution in [2.75, 3.05) is 11.6 Å². The van der Waals surface area contributed by atoms with E-state index in [4.69, 9.17) is 11.6 Å². The minimum atomic E-state index is -3.31. The molecule has 1 aromatic heterocycles. The van der Waals surface area contributed by atoms with Gasteiger partial charge in [-0.25, -0.2) is 13.4 Å². The van der Waals surface area contributed by atoms with E-state index in [9.17, 15) is 13.2 Å². The summed E-state index contributed by atoms with van der Waals surface area (Å²) in [7, 11) is -3.31. The van der Waals surface area contributed by atoms with Crippen LogP contribution in [0.25, 0.3) is 0 Å². The van der Waals surface area contributed by atoms with E-state index < -0.39 is 9.84 Å². The van der Waals surface area contributed by atoms with Gasteiger partial charge in [-0.15, -0.1) is 0 Å². The molecule has 1 N–H and O–H groups in total. The topological polar surface area (TPSA) is 76.1 Å². The number of benzene rings is 1. The molecule has 1 amide bonds. The molecule has 7 heteroatoms. The number of anilines is 1. The molecule has 0 spiro atoms. The van der Waals surface area contributed by atoms with Gasteiger partial charge in [-0.2, -0.15) is 0 Å². The molecule has 2 aromatic rings. The summed E-state index contributed by atoms with van der Waals surface area (Å²) < 4.78 is 22.9. The number of aromatic nitrogens is 1. The highest BCUT2D eigenvalue weighted by Crippen LogP contribution is 2.16. The van der Waals surface area contributed by atoms with Gasteiger partial charge in [0.2, 0.25) is 0 Å². The van der Waals surface area contributed by atoms with Gasteiger partial charge in [0.1, 0.15) is 5.15 Å². The molecule has 1 aromatic carbocycles. The zero-order chi connectivity index (χ0) is 14.8. The Hall–Kier alpha value is -1.92. The first kappa shape index (κ1) is 14.5. The zero-order valence-electron chi connectivity index (χ0n) is 10.5. The molecule has 0 unspecified atom stereocenters. The second-order valence-electron chi connectivity index (χ2n) is 4.12. The molecule has 0 atom stereocenters. The Labute approximate surface area is 121 Å². The highest BCUT2D eigenvalue weighted by molar-refractivity contribution is 7.90. The van der Waals surface area contributed by atoms with E-state index in [1.807, 2.05) is 0 Å². The Morgan fingerprint density at radius 1 is 1.25 bits per heavy atom. The number of rotatable bonds is 3.